The van der Waals surface area contributed by atoms with Gasteiger partial charge in [-0.05, 0) is 24.3 Å². The summed E-state index contributed by atoms with van der Waals surface area (Å²) in [6.45, 7) is 4.20. The Kier molecular flexibility index (Phi) is 7.56. The molecule has 0 aliphatic rings. The zero-order valence-corrected chi connectivity index (χ0v) is 16.9. The average molecular weight is 430 g/mol. The standard InChI is InChI=1S/C21H20F2N4O2S/c1-2-12-27-19(14-29-18-10-6-4-8-16(18)23)25-26-21(27)30-13-11-20(28)24-17-9-5-3-7-15(17)22/h2-10H,1,11-14H2,(H,24,28). The Morgan fingerprint density at radius 3 is 2.60 bits per heavy atom. The largest absolute Gasteiger partial charge is 0.483 e. The number of nitrogens with zero attached hydrogens (tertiary/aromatic N) is 3. The Labute approximate surface area is 177 Å². The lowest BCUT2D eigenvalue weighted by atomic mass is 10.3. The van der Waals surface area contributed by atoms with E-state index in [4.69, 9.17) is 4.74 Å². The fourth-order valence-electron chi connectivity index (χ4n) is 2.56. The molecule has 1 heterocycles. The van der Waals surface area contributed by atoms with Crippen molar-refractivity contribution in [2.75, 3.05) is 11.1 Å². The van der Waals surface area contributed by atoms with E-state index in [-0.39, 0.29) is 30.4 Å². The van der Waals surface area contributed by atoms with Crippen molar-refractivity contribution in [1.29, 1.82) is 0 Å². The van der Waals surface area contributed by atoms with Crippen LogP contribution < -0.4 is 10.1 Å². The molecule has 0 aliphatic carbocycles. The number of nitrogens with one attached hydrogen (secondary N) is 1. The highest BCUT2D eigenvalue weighted by atomic mass is 32.2. The minimum atomic E-state index is -0.483. The van der Waals surface area contributed by atoms with Crippen molar-refractivity contribution < 1.29 is 18.3 Å². The van der Waals surface area contributed by atoms with Gasteiger partial charge in [-0.3, -0.25) is 9.36 Å². The van der Waals surface area contributed by atoms with Gasteiger partial charge in [-0.25, -0.2) is 8.78 Å². The van der Waals surface area contributed by atoms with Gasteiger partial charge in [0.25, 0.3) is 0 Å². The molecule has 0 radical (unpaired) electrons. The molecular weight excluding hydrogens is 410 g/mol. The third kappa shape index (κ3) is 5.66. The molecule has 0 saturated heterocycles. The highest BCUT2D eigenvalue weighted by molar-refractivity contribution is 7.99. The van der Waals surface area contributed by atoms with Crippen molar-refractivity contribution >= 4 is 23.4 Å². The Balaban J connectivity index is 1.56. The maximum absolute atomic E-state index is 13.7. The molecule has 1 N–H and O–H groups in total. The van der Waals surface area contributed by atoms with E-state index in [9.17, 15) is 13.6 Å². The van der Waals surface area contributed by atoms with Crippen LogP contribution in [0, 0.1) is 11.6 Å². The van der Waals surface area contributed by atoms with Crippen LogP contribution in [0.1, 0.15) is 12.2 Å². The molecule has 3 rings (SSSR count). The van der Waals surface area contributed by atoms with Gasteiger partial charge in [0.2, 0.25) is 5.91 Å². The second-order valence-corrected chi connectivity index (χ2v) is 7.21. The molecule has 0 aliphatic heterocycles. The first-order valence-corrected chi connectivity index (χ1v) is 10.1. The van der Waals surface area contributed by atoms with Gasteiger partial charge in [0.05, 0.1) is 5.69 Å². The third-order valence-electron chi connectivity index (χ3n) is 4.01. The number of para-hydroxylation sites is 2. The van der Waals surface area contributed by atoms with Crippen LogP contribution in [0.15, 0.2) is 66.3 Å². The van der Waals surface area contributed by atoms with Gasteiger partial charge in [-0.2, -0.15) is 0 Å². The van der Waals surface area contributed by atoms with Crippen molar-refractivity contribution in [1.82, 2.24) is 14.8 Å². The molecular formula is C21H20F2N4O2S. The number of allylic oxidation sites excluding steroid dienone is 1. The molecule has 30 heavy (non-hydrogen) atoms. The van der Waals surface area contributed by atoms with Crippen LogP contribution in [-0.4, -0.2) is 26.4 Å². The lowest BCUT2D eigenvalue weighted by Gasteiger charge is -2.10. The summed E-state index contributed by atoms with van der Waals surface area (Å²) in [4.78, 5) is 12.1. The summed E-state index contributed by atoms with van der Waals surface area (Å²) < 4.78 is 34.6. The van der Waals surface area contributed by atoms with E-state index in [0.29, 0.717) is 23.3 Å². The number of carbonyl (C=O) groups is 1. The van der Waals surface area contributed by atoms with Crippen molar-refractivity contribution in [2.45, 2.75) is 24.7 Å². The number of rotatable bonds is 10. The quantitative estimate of drug-likeness (QED) is 0.380. The second-order valence-electron chi connectivity index (χ2n) is 6.14. The molecule has 1 aromatic heterocycles. The Morgan fingerprint density at radius 1 is 1.13 bits per heavy atom. The summed E-state index contributed by atoms with van der Waals surface area (Å²) in [6, 6.07) is 12.1. The average Bonchev–Trinajstić information content (AvgIpc) is 3.11. The lowest BCUT2D eigenvalue weighted by molar-refractivity contribution is -0.115. The van der Waals surface area contributed by atoms with Gasteiger partial charge in [-0.15, -0.1) is 16.8 Å². The first kappa shape index (κ1) is 21.5. The van der Waals surface area contributed by atoms with Crippen molar-refractivity contribution in [3.63, 3.8) is 0 Å². The second kappa shape index (κ2) is 10.5. The smallest absolute Gasteiger partial charge is 0.225 e. The maximum atomic E-state index is 13.7. The molecule has 1 amide bonds. The minimum absolute atomic E-state index is 0.0378. The number of hydrogen-bond donors (Lipinski definition) is 1. The SMILES string of the molecule is C=CCn1c(COc2ccccc2F)nnc1SCCC(=O)Nc1ccccc1F. The molecule has 9 heteroatoms. The van der Waals surface area contributed by atoms with Gasteiger partial charge in [0.15, 0.2) is 22.5 Å². The number of carbonyl (C=O) groups excluding carboxylic acids is 1. The minimum Gasteiger partial charge on any atom is -0.483 e. The number of halogens is 2. The molecule has 156 valence electrons. The van der Waals surface area contributed by atoms with Crippen LogP contribution in [-0.2, 0) is 17.9 Å². The number of amides is 1. The molecule has 0 fully saturated rings. The van der Waals surface area contributed by atoms with Gasteiger partial charge in [0, 0.05) is 18.7 Å². The number of anilines is 1. The van der Waals surface area contributed by atoms with Gasteiger partial charge < -0.3 is 10.1 Å². The third-order valence-corrected chi connectivity index (χ3v) is 4.98. The summed E-state index contributed by atoms with van der Waals surface area (Å²) in [7, 11) is 0. The van der Waals surface area contributed by atoms with Gasteiger partial charge in [-0.1, -0.05) is 42.1 Å². The molecule has 0 unspecified atom stereocenters. The summed E-state index contributed by atoms with van der Waals surface area (Å²) in [5.74, 6) is -0.179. The van der Waals surface area contributed by atoms with E-state index in [2.05, 4.69) is 22.1 Å². The Hall–Kier alpha value is -3.20. The van der Waals surface area contributed by atoms with Crippen LogP contribution in [0.2, 0.25) is 0 Å². The lowest BCUT2D eigenvalue weighted by Crippen LogP contribution is -2.13. The zero-order valence-electron chi connectivity index (χ0n) is 16.1. The van der Waals surface area contributed by atoms with Crippen LogP contribution in [0.5, 0.6) is 5.75 Å². The predicted octanol–water partition coefficient (Wildman–Crippen LogP) is 4.44. The number of ether oxygens (including phenoxy) is 1. The number of thioether (sulfide) groups is 1. The van der Waals surface area contributed by atoms with E-state index >= 15 is 0 Å². The highest BCUT2D eigenvalue weighted by Crippen LogP contribution is 2.21. The van der Waals surface area contributed by atoms with Crippen LogP contribution in [0.4, 0.5) is 14.5 Å². The maximum Gasteiger partial charge on any atom is 0.225 e. The van der Waals surface area contributed by atoms with E-state index in [1.165, 1.54) is 36.0 Å². The first-order valence-electron chi connectivity index (χ1n) is 9.16. The van der Waals surface area contributed by atoms with Gasteiger partial charge in [0.1, 0.15) is 12.4 Å². The molecule has 3 aromatic rings. The molecule has 0 spiro atoms. The normalized spacial score (nSPS) is 10.6. The van der Waals surface area contributed by atoms with E-state index in [1.54, 1.807) is 34.9 Å². The monoisotopic (exact) mass is 430 g/mol. The number of benzene rings is 2. The van der Waals surface area contributed by atoms with Crippen molar-refractivity contribution in [3.8, 4) is 5.75 Å². The molecule has 0 bridgehead atoms. The van der Waals surface area contributed by atoms with Gasteiger partial charge >= 0.3 is 0 Å². The summed E-state index contributed by atoms with van der Waals surface area (Å²) in [6.07, 6.45) is 1.85. The molecule has 2 aromatic carbocycles. The van der Waals surface area contributed by atoms with E-state index in [0.717, 1.165) is 0 Å². The zero-order chi connectivity index (χ0) is 21.3. The van der Waals surface area contributed by atoms with Crippen molar-refractivity contribution in [3.05, 3.63) is 78.6 Å². The highest BCUT2D eigenvalue weighted by Gasteiger charge is 2.14. The number of aromatic nitrogens is 3. The van der Waals surface area contributed by atoms with E-state index in [1.807, 2.05) is 0 Å². The molecule has 0 saturated carbocycles. The topological polar surface area (TPSA) is 69.0 Å². The summed E-state index contributed by atoms with van der Waals surface area (Å²) in [5.41, 5.74) is 0.148. The Bertz CT molecular complexity index is 1030. The predicted molar refractivity (Wildman–Crippen MR) is 111 cm³/mol. The fourth-order valence-corrected chi connectivity index (χ4v) is 3.46. The fraction of sp³-hybridized carbons (Fsp3) is 0.190. The van der Waals surface area contributed by atoms with Crippen LogP contribution in [0.25, 0.3) is 0 Å². The van der Waals surface area contributed by atoms with Crippen molar-refractivity contribution in [2.24, 2.45) is 0 Å². The summed E-state index contributed by atoms with van der Waals surface area (Å²) in [5, 5.41) is 11.4. The van der Waals surface area contributed by atoms with E-state index < -0.39 is 11.6 Å². The molecule has 6 nitrogen and oxygen atoms in total. The first-order chi connectivity index (χ1) is 14.6. The van der Waals surface area contributed by atoms with Crippen LogP contribution in [0.3, 0.4) is 0 Å². The number of hydrogen-bond acceptors (Lipinski definition) is 5. The van der Waals surface area contributed by atoms with Crippen LogP contribution >= 0.6 is 11.8 Å². The summed E-state index contributed by atoms with van der Waals surface area (Å²) >= 11 is 1.33. The Morgan fingerprint density at radius 2 is 1.87 bits per heavy atom. The molecule has 0 atom stereocenters.